The summed E-state index contributed by atoms with van der Waals surface area (Å²) < 4.78 is 7.33. The molecule has 0 amide bonds. The van der Waals surface area contributed by atoms with Crippen molar-refractivity contribution in [3.8, 4) is 10.8 Å². The SMILES string of the molecule is CN=C(NCc1coc(-c2cccs2)n1)NCc1cc(Cl)c(Cl)n1C. The van der Waals surface area contributed by atoms with Crippen LogP contribution in [0.5, 0.6) is 0 Å². The van der Waals surface area contributed by atoms with Crippen molar-refractivity contribution >= 4 is 40.5 Å². The highest BCUT2D eigenvalue weighted by atomic mass is 35.5. The first kappa shape index (κ1) is 17.8. The number of oxazole rings is 1. The number of rotatable bonds is 5. The van der Waals surface area contributed by atoms with Crippen molar-refractivity contribution in [2.45, 2.75) is 13.1 Å². The molecule has 0 unspecified atom stereocenters. The van der Waals surface area contributed by atoms with Crippen LogP contribution in [0.15, 0.2) is 39.3 Å². The standard InChI is InChI=1S/C16H17Cl2N5OS/c1-19-16(21-8-11-6-12(17)14(18)23(11)2)20-7-10-9-24-15(22-10)13-4-3-5-25-13/h3-6,9H,7-8H2,1-2H3,(H2,19,20,21). The van der Waals surface area contributed by atoms with Crippen LogP contribution in [0.2, 0.25) is 10.2 Å². The number of thiophene rings is 1. The van der Waals surface area contributed by atoms with Crippen LogP contribution >= 0.6 is 34.5 Å². The van der Waals surface area contributed by atoms with Crippen molar-refractivity contribution in [1.82, 2.24) is 20.2 Å². The maximum atomic E-state index is 6.07. The molecule has 0 spiro atoms. The Kier molecular flexibility index (Phi) is 5.67. The molecule has 0 aliphatic heterocycles. The van der Waals surface area contributed by atoms with Gasteiger partial charge in [0.05, 0.1) is 28.7 Å². The van der Waals surface area contributed by atoms with Crippen LogP contribution in [0, 0.1) is 0 Å². The molecule has 2 N–H and O–H groups in total. The Morgan fingerprint density at radius 1 is 1.36 bits per heavy atom. The number of aromatic nitrogens is 2. The van der Waals surface area contributed by atoms with Gasteiger partial charge in [0.25, 0.3) is 0 Å². The number of guanidine groups is 1. The average molecular weight is 398 g/mol. The van der Waals surface area contributed by atoms with Gasteiger partial charge >= 0.3 is 0 Å². The van der Waals surface area contributed by atoms with Crippen LogP contribution in [0.25, 0.3) is 10.8 Å². The third kappa shape index (κ3) is 4.18. The molecule has 132 valence electrons. The van der Waals surface area contributed by atoms with E-state index in [9.17, 15) is 0 Å². The Hall–Kier alpha value is -1.96. The highest BCUT2D eigenvalue weighted by Crippen LogP contribution is 2.25. The fourth-order valence-electron chi connectivity index (χ4n) is 2.23. The van der Waals surface area contributed by atoms with Crippen molar-refractivity contribution < 1.29 is 4.42 Å². The number of nitrogens with zero attached hydrogens (tertiary/aromatic N) is 3. The average Bonchev–Trinajstić information content (AvgIpc) is 3.34. The van der Waals surface area contributed by atoms with Gasteiger partial charge in [-0.05, 0) is 17.5 Å². The highest BCUT2D eigenvalue weighted by Gasteiger charge is 2.10. The monoisotopic (exact) mass is 397 g/mol. The van der Waals surface area contributed by atoms with Gasteiger partial charge in [0.2, 0.25) is 5.89 Å². The molecule has 0 fully saturated rings. The number of hydrogen-bond acceptors (Lipinski definition) is 4. The van der Waals surface area contributed by atoms with Crippen LogP contribution in [-0.4, -0.2) is 22.6 Å². The second-order valence-corrected chi connectivity index (χ2v) is 6.95. The molecule has 0 aromatic carbocycles. The Bertz CT molecular complexity index is 869. The van der Waals surface area contributed by atoms with Gasteiger partial charge in [-0.1, -0.05) is 29.3 Å². The molecule has 0 saturated heterocycles. The van der Waals surface area contributed by atoms with Gasteiger partial charge < -0.3 is 19.6 Å². The number of nitrogens with one attached hydrogen (secondary N) is 2. The maximum Gasteiger partial charge on any atom is 0.236 e. The summed E-state index contributed by atoms with van der Waals surface area (Å²) in [6.07, 6.45) is 1.64. The van der Waals surface area contributed by atoms with Gasteiger partial charge in [-0.3, -0.25) is 4.99 Å². The number of aliphatic imine (C=N–C) groups is 1. The van der Waals surface area contributed by atoms with Crippen LogP contribution in [-0.2, 0) is 20.1 Å². The molecule has 0 aliphatic carbocycles. The van der Waals surface area contributed by atoms with E-state index in [2.05, 4.69) is 20.6 Å². The molecule has 0 bridgehead atoms. The predicted molar refractivity (Wildman–Crippen MR) is 102 cm³/mol. The van der Waals surface area contributed by atoms with Crippen molar-refractivity contribution in [1.29, 1.82) is 0 Å². The first-order valence-electron chi connectivity index (χ1n) is 7.51. The molecule has 25 heavy (non-hydrogen) atoms. The topological polar surface area (TPSA) is 67.4 Å². The van der Waals surface area contributed by atoms with Crippen LogP contribution < -0.4 is 10.6 Å². The first-order valence-corrected chi connectivity index (χ1v) is 9.14. The van der Waals surface area contributed by atoms with Gasteiger partial charge in [-0.25, -0.2) is 4.98 Å². The van der Waals surface area contributed by atoms with Crippen molar-refractivity contribution in [2.24, 2.45) is 12.0 Å². The van der Waals surface area contributed by atoms with E-state index in [0.717, 1.165) is 16.3 Å². The van der Waals surface area contributed by atoms with E-state index in [1.165, 1.54) is 0 Å². The minimum Gasteiger partial charge on any atom is -0.443 e. The molecule has 0 radical (unpaired) electrons. The summed E-state index contributed by atoms with van der Waals surface area (Å²) in [6, 6.07) is 5.77. The second kappa shape index (κ2) is 7.95. The summed E-state index contributed by atoms with van der Waals surface area (Å²) in [7, 11) is 3.57. The Balaban J connectivity index is 1.55. The third-order valence-corrected chi connectivity index (χ3v) is 5.30. The molecule has 3 rings (SSSR count). The quantitative estimate of drug-likeness (QED) is 0.505. The molecule has 3 aromatic heterocycles. The predicted octanol–water partition coefficient (Wildman–Crippen LogP) is 3.91. The minimum absolute atomic E-state index is 0.503. The second-order valence-electron chi connectivity index (χ2n) is 5.23. The lowest BCUT2D eigenvalue weighted by Crippen LogP contribution is -2.36. The van der Waals surface area contributed by atoms with Gasteiger partial charge in [0.15, 0.2) is 5.96 Å². The van der Waals surface area contributed by atoms with E-state index in [4.69, 9.17) is 27.6 Å². The summed E-state index contributed by atoms with van der Waals surface area (Å²) >= 11 is 13.7. The summed E-state index contributed by atoms with van der Waals surface area (Å²) in [5.41, 5.74) is 1.76. The maximum absolute atomic E-state index is 6.07. The minimum atomic E-state index is 0.503. The van der Waals surface area contributed by atoms with E-state index in [0.29, 0.717) is 35.1 Å². The Morgan fingerprint density at radius 3 is 2.80 bits per heavy atom. The van der Waals surface area contributed by atoms with Gasteiger partial charge in [0.1, 0.15) is 11.4 Å². The molecule has 0 aliphatic rings. The molecule has 6 nitrogen and oxygen atoms in total. The fraction of sp³-hybridized carbons (Fsp3) is 0.250. The van der Waals surface area contributed by atoms with Crippen LogP contribution in [0.4, 0.5) is 0 Å². The molecule has 0 saturated carbocycles. The van der Waals surface area contributed by atoms with Crippen LogP contribution in [0.3, 0.4) is 0 Å². The smallest absolute Gasteiger partial charge is 0.236 e. The third-order valence-electron chi connectivity index (χ3n) is 3.60. The molecule has 0 atom stereocenters. The number of halogens is 2. The lowest BCUT2D eigenvalue weighted by molar-refractivity contribution is 0.573. The first-order chi connectivity index (χ1) is 12.1. The molecule has 9 heteroatoms. The Labute approximate surface area is 159 Å². The van der Waals surface area contributed by atoms with E-state index in [1.54, 1.807) is 24.6 Å². The molecular weight excluding hydrogens is 381 g/mol. The lowest BCUT2D eigenvalue weighted by atomic mass is 10.4. The Morgan fingerprint density at radius 2 is 2.16 bits per heavy atom. The normalized spacial score (nSPS) is 11.8. The zero-order valence-corrected chi connectivity index (χ0v) is 16.0. The fourth-order valence-corrected chi connectivity index (χ4v) is 3.30. The van der Waals surface area contributed by atoms with Gasteiger partial charge in [0, 0.05) is 19.8 Å². The summed E-state index contributed by atoms with van der Waals surface area (Å²) in [6.45, 7) is 1.05. The molecule has 3 heterocycles. The van der Waals surface area contributed by atoms with E-state index in [-0.39, 0.29) is 0 Å². The zero-order chi connectivity index (χ0) is 17.8. The summed E-state index contributed by atoms with van der Waals surface area (Å²) in [5, 5.41) is 9.46. The molecule has 3 aromatic rings. The summed E-state index contributed by atoms with van der Waals surface area (Å²) in [4.78, 5) is 9.67. The largest absolute Gasteiger partial charge is 0.443 e. The number of hydrogen-bond donors (Lipinski definition) is 2. The van der Waals surface area contributed by atoms with Crippen molar-refractivity contribution in [3.63, 3.8) is 0 Å². The zero-order valence-electron chi connectivity index (χ0n) is 13.7. The van der Waals surface area contributed by atoms with Gasteiger partial charge in [-0.15, -0.1) is 11.3 Å². The van der Waals surface area contributed by atoms with E-state index >= 15 is 0 Å². The lowest BCUT2D eigenvalue weighted by Gasteiger charge is -2.11. The van der Waals surface area contributed by atoms with Gasteiger partial charge in [-0.2, -0.15) is 0 Å². The van der Waals surface area contributed by atoms with Crippen LogP contribution in [0.1, 0.15) is 11.4 Å². The molecular formula is C16H17Cl2N5OS. The van der Waals surface area contributed by atoms with E-state index < -0.39 is 0 Å². The van der Waals surface area contributed by atoms with Crippen molar-refractivity contribution in [2.75, 3.05) is 7.05 Å². The van der Waals surface area contributed by atoms with Crippen molar-refractivity contribution in [3.05, 3.63) is 51.4 Å². The highest BCUT2D eigenvalue weighted by molar-refractivity contribution is 7.13. The summed E-state index contributed by atoms with van der Waals surface area (Å²) in [5.74, 6) is 1.27. The van der Waals surface area contributed by atoms with E-state index in [1.807, 2.05) is 35.2 Å².